The third kappa shape index (κ3) is 4.13. The summed E-state index contributed by atoms with van der Waals surface area (Å²) >= 11 is 0. The molecule has 0 bridgehead atoms. The Labute approximate surface area is 194 Å². The van der Waals surface area contributed by atoms with Gasteiger partial charge >= 0.3 is 6.03 Å². The Hall–Kier alpha value is -3.19. The monoisotopic (exact) mass is 446 g/mol. The van der Waals surface area contributed by atoms with Crippen LogP contribution in [0.5, 0.6) is 0 Å². The van der Waals surface area contributed by atoms with Crippen molar-refractivity contribution in [2.75, 3.05) is 19.8 Å². The number of piperidine rings is 1. The topological polar surface area (TPSA) is 81.8 Å². The van der Waals surface area contributed by atoms with Crippen molar-refractivity contribution in [1.29, 1.82) is 0 Å². The zero-order chi connectivity index (χ0) is 23.0. The first-order valence-corrected chi connectivity index (χ1v) is 11.8. The van der Waals surface area contributed by atoms with E-state index in [2.05, 4.69) is 27.7 Å². The molecule has 7 nitrogen and oxygen atoms in total. The number of rotatable bonds is 5. The molecule has 0 aromatic heterocycles. The zero-order valence-corrected chi connectivity index (χ0v) is 19.0. The van der Waals surface area contributed by atoms with Gasteiger partial charge in [-0.15, -0.1) is 0 Å². The summed E-state index contributed by atoms with van der Waals surface area (Å²) in [4.78, 5) is 41.9. The number of imide groups is 1. The van der Waals surface area contributed by atoms with Gasteiger partial charge in [0.2, 0.25) is 0 Å². The lowest BCUT2D eigenvalue weighted by atomic mass is 9.90. The van der Waals surface area contributed by atoms with E-state index in [1.165, 1.54) is 16.0 Å². The van der Waals surface area contributed by atoms with Gasteiger partial charge in [-0.25, -0.2) is 9.69 Å². The van der Waals surface area contributed by atoms with Crippen LogP contribution < -0.4 is 10.6 Å². The summed E-state index contributed by atoms with van der Waals surface area (Å²) < 4.78 is 0. The predicted molar refractivity (Wildman–Crippen MR) is 125 cm³/mol. The van der Waals surface area contributed by atoms with Crippen LogP contribution in [0.4, 0.5) is 4.79 Å². The minimum atomic E-state index is -1.03. The normalized spacial score (nSPS) is 23.5. The van der Waals surface area contributed by atoms with Gasteiger partial charge in [0, 0.05) is 24.7 Å². The number of hydrogen-bond donors (Lipinski definition) is 2. The molecule has 3 aliphatic rings. The van der Waals surface area contributed by atoms with Crippen molar-refractivity contribution in [3.63, 3.8) is 0 Å². The maximum atomic E-state index is 13.3. The van der Waals surface area contributed by atoms with Gasteiger partial charge in [0.15, 0.2) is 0 Å². The van der Waals surface area contributed by atoms with Gasteiger partial charge < -0.3 is 10.6 Å². The van der Waals surface area contributed by atoms with Gasteiger partial charge in [0.1, 0.15) is 5.54 Å². The molecule has 1 atom stereocenters. The first kappa shape index (κ1) is 21.6. The van der Waals surface area contributed by atoms with Crippen molar-refractivity contribution in [2.45, 2.75) is 50.6 Å². The Morgan fingerprint density at radius 1 is 1.06 bits per heavy atom. The molecule has 0 spiro atoms. The minimum Gasteiger partial charge on any atom is -0.349 e. The van der Waals surface area contributed by atoms with Crippen molar-refractivity contribution >= 4 is 17.8 Å². The van der Waals surface area contributed by atoms with Gasteiger partial charge in [-0.1, -0.05) is 36.4 Å². The summed E-state index contributed by atoms with van der Waals surface area (Å²) in [5.74, 6) is -0.266. The van der Waals surface area contributed by atoms with Crippen LogP contribution in [0.2, 0.25) is 0 Å². The molecule has 172 valence electrons. The highest BCUT2D eigenvalue weighted by Crippen LogP contribution is 2.32. The Kier molecular flexibility index (Phi) is 5.66. The molecule has 33 heavy (non-hydrogen) atoms. The van der Waals surface area contributed by atoms with Crippen molar-refractivity contribution in [3.8, 4) is 0 Å². The lowest BCUT2D eigenvalue weighted by molar-refractivity contribution is -0.132. The average Bonchev–Trinajstić information content (AvgIpc) is 3.39. The van der Waals surface area contributed by atoms with Crippen LogP contribution in [0.15, 0.2) is 48.5 Å². The quantitative estimate of drug-likeness (QED) is 0.692. The van der Waals surface area contributed by atoms with Gasteiger partial charge in [-0.3, -0.25) is 14.5 Å². The highest BCUT2D eigenvalue weighted by molar-refractivity contribution is 6.07. The van der Waals surface area contributed by atoms with Crippen LogP contribution in [0.25, 0.3) is 0 Å². The van der Waals surface area contributed by atoms with Crippen LogP contribution in [0.1, 0.15) is 53.2 Å². The highest BCUT2D eigenvalue weighted by atomic mass is 16.2. The first-order valence-electron chi connectivity index (χ1n) is 11.8. The number of carbonyl (C=O) groups excluding carboxylic acids is 3. The summed E-state index contributed by atoms with van der Waals surface area (Å²) in [6.45, 7) is 3.50. The molecule has 1 aliphatic carbocycles. The average molecular weight is 447 g/mol. The number of urea groups is 1. The summed E-state index contributed by atoms with van der Waals surface area (Å²) in [6.07, 6.45) is 4.82. The maximum absolute atomic E-state index is 13.3. The number of benzene rings is 2. The Morgan fingerprint density at radius 3 is 2.55 bits per heavy atom. The van der Waals surface area contributed by atoms with Gasteiger partial charge in [-0.05, 0) is 67.9 Å². The van der Waals surface area contributed by atoms with Crippen molar-refractivity contribution in [1.82, 2.24) is 20.4 Å². The molecular formula is C26H30N4O3. The van der Waals surface area contributed by atoms with E-state index in [1.807, 2.05) is 24.3 Å². The molecule has 2 aromatic carbocycles. The van der Waals surface area contributed by atoms with E-state index in [1.54, 1.807) is 19.1 Å². The van der Waals surface area contributed by atoms with Crippen LogP contribution in [-0.4, -0.2) is 53.4 Å². The number of nitrogens with one attached hydrogen (secondary N) is 2. The summed E-state index contributed by atoms with van der Waals surface area (Å²) in [5.41, 5.74) is 3.11. The predicted octanol–water partition coefficient (Wildman–Crippen LogP) is 2.79. The second-order valence-electron chi connectivity index (χ2n) is 9.50. The smallest absolute Gasteiger partial charge is 0.326 e. The van der Waals surface area contributed by atoms with Crippen LogP contribution >= 0.6 is 0 Å². The molecule has 0 unspecified atom stereocenters. The van der Waals surface area contributed by atoms with Crippen LogP contribution in [-0.2, 0) is 23.2 Å². The summed E-state index contributed by atoms with van der Waals surface area (Å²) in [6, 6.07) is 15.1. The molecule has 5 rings (SSSR count). The van der Waals surface area contributed by atoms with Crippen molar-refractivity contribution in [2.24, 2.45) is 0 Å². The van der Waals surface area contributed by atoms with Gasteiger partial charge in [0.25, 0.3) is 11.8 Å². The van der Waals surface area contributed by atoms with Crippen molar-refractivity contribution in [3.05, 3.63) is 70.8 Å². The largest absolute Gasteiger partial charge is 0.349 e. The van der Waals surface area contributed by atoms with E-state index < -0.39 is 5.54 Å². The number of aryl methyl sites for hydroxylation is 2. The zero-order valence-electron chi connectivity index (χ0n) is 19.0. The lowest BCUT2D eigenvalue weighted by Gasteiger charge is -2.34. The molecular weight excluding hydrogens is 416 g/mol. The number of amides is 4. The minimum absolute atomic E-state index is 0.0618. The highest BCUT2D eigenvalue weighted by Gasteiger charge is 2.49. The standard InChI is InChI=1S/C26H30N4O3/c1-26(21-11-10-18-8-5-9-20(18)16-21)24(32)30(25(33)28-26)17-29-14-12-22(13-15-29)27-23(31)19-6-3-2-4-7-19/h2-4,6-7,10-11,16,22H,5,8-9,12-15,17H2,1H3,(H,27,31)(H,28,33)/t26-/m1/s1. The number of nitrogens with zero attached hydrogens (tertiary/aromatic N) is 2. The molecule has 7 heteroatoms. The fourth-order valence-electron chi connectivity index (χ4n) is 5.18. The van der Waals surface area contributed by atoms with E-state index in [9.17, 15) is 14.4 Å². The van der Waals surface area contributed by atoms with E-state index in [-0.39, 0.29) is 30.6 Å². The van der Waals surface area contributed by atoms with Crippen LogP contribution in [0.3, 0.4) is 0 Å². The Balaban J connectivity index is 1.19. The Morgan fingerprint density at radius 2 is 1.79 bits per heavy atom. The van der Waals surface area contributed by atoms with Gasteiger partial charge in [-0.2, -0.15) is 0 Å². The molecule has 2 aromatic rings. The second-order valence-corrected chi connectivity index (χ2v) is 9.50. The van der Waals surface area contributed by atoms with Crippen molar-refractivity contribution < 1.29 is 14.4 Å². The summed E-state index contributed by atoms with van der Waals surface area (Å²) in [7, 11) is 0. The van der Waals surface area contributed by atoms with E-state index in [4.69, 9.17) is 0 Å². The molecule has 2 saturated heterocycles. The maximum Gasteiger partial charge on any atom is 0.326 e. The number of likely N-dealkylation sites (tertiary alicyclic amines) is 1. The molecule has 2 aliphatic heterocycles. The van der Waals surface area contributed by atoms with Crippen LogP contribution in [0, 0.1) is 0 Å². The fourth-order valence-corrected chi connectivity index (χ4v) is 5.18. The number of carbonyl (C=O) groups is 3. The lowest BCUT2D eigenvalue weighted by Crippen LogP contribution is -2.49. The van der Waals surface area contributed by atoms with E-state index in [0.717, 1.165) is 37.7 Å². The molecule has 4 amide bonds. The molecule has 0 saturated carbocycles. The van der Waals surface area contributed by atoms with E-state index >= 15 is 0 Å². The molecule has 0 radical (unpaired) electrons. The second kappa shape index (κ2) is 8.63. The fraction of sp³-hybridized carbons (Fsp3) is 0.423. The number of fused-ring (bicyclic) bond motifs is 1. The summed E-state index contributed by atoms with van der Waals surface area (Å²) in [5, 5.41) is 6.03. The molecule has 2 fully saturated rings. The molecule has 2 heterocycles. The first-order chi connectivity index (χ1) is 15.9. The molecule has 2 N–H and O–H groups in total. The Bertz CT molecular complexity index is 1080. The van der Waals surface area contributed by atoms with Gasteiger partial charge in [0.05, 0.1) is 6.67 Å². The van der Waals surface area contributed by atoms with E-state index in [0.29, 0.717) is 18.7 Å². The third-order valence-corrected chi connectivity index (χ3v) is 7.25. The third-order valence-electron chi connectivity index (χ3n) is 7.25. The SMILES string of the molecule is C[C@]1(c2ccc3c(c2)CCC3)NC(=O)N(CN2CCC(NC(=O)c3ccccc3)CC2)C1=O. The number of hydrogen-bond acceptors (Lipinski definition) is 4.